The second-order valence-electron chi connectivity index (χ2n) is 15.2. The monoisotopic (exact) mass is 739 g/mol. The van der Waals surface area contributed by atoms with Crippen molar-refractivity contribution >= 4 is 60.4 Å². The summed E-state index contributed by atoms with van der Waals surface area (Å²) in [5.74, 6) is 0.851. The highest BCUT2D eigenvalue weighted by Crippen LogP contribution is 2.42. The fraction of sp³-hybridized carbons (Fsp3) is 0.543. The van der Waals surface area contributed by atoms with Crippen LogP contribution in [0.1, 0.15) is 37.3 Å². The summed E-state index contributed by atoms with van der Waals surface area (Å²) >= 11 is 4.01. The largest absolute Gasteiger partial charge is 0.469 e. The number of hydrogen-bond acceptors (Lipinski definition) is 8. The van der Waals surface area contributed by atoms with Crippen molar-refractivity contribution in [1.82, 2.24) is 19.6 Å². The lowest BCUT2D eigenvalue weighted by atomic mass is 9.80. The van der Waals surface area contributed by atoms with E-state index in [1.54, 1.807) is 0 Å². The highest BCUT2D eigenvalue weighted by Gasteiger charge is 2.32. The van der Waals surface area contributed by atoms with E-state index in [0.717, 1.165) is 81.4 Å². The predicted molar refractivity (Wildman–Crippen MR) is 199 cm³/mol. The first-order valence-electron chi connectivity index (χ1n) is 16.8. The van der Waals surface area contributed by atoms with Gasteiger partial charge >= 0.3 is 5.97 Å². The van der Waals surface area contributed by atoms with E-state index in [1.165, 1.54) is 7.11 Å². The Morgan fingerprint density at radius 2 is 1.60 bits per heavy atom. The number of nitrogens with zero attached hydrogens (tertiary/aromatic N) is 5. The number of methoxy groups -OCH3 is 1. The molecule has 1 aliphatic carbocycles. The number of pyridine rings is 1. The number of carbonyl (C=O) groups excluding carboxylic acids is 1. The van der Waals surface area contributed by atoms with Gasteiger partial charge in [0.05, 0.1) is 34.9 Å². The molecule has 5 rings (SSSR count). The summed E-state index contributed by atoms with van der Waals surface area (Å²) in [5, 5.41) is 5.99. The average molecular weight is 741 g/mol. The van der Waals surface area contributed by atoms with Crippen molar-refractivity contribution in [2.45, 2.75) is 83.0 Å². The van der Waals surface area contributed by atoms with Gasteiger partial charge in [-0.2, -0.15) is 9.61 Å². The zero-order valence-electron chi connectivity index (χ0n) is 29.0. The molecule has 0 N–H and O–H groups in total. The number of halogens is 1. The van der Waals surface area contributed by atoms with Crippen LogP contribution in [0.2, 0.25) is 51.4 Å². The third-order valence-corrected chi connectivity index (χ3v) is 13.1. The molecule has 0 aliphatic heterocycles. The Bertz CT molecular complexity index is 1660. The third-order valence-electron chi connectivity index (χ3n) is 8.93. The highest BCUT2D eigenvalue weighted by atomic mass is 79.9. The van der Waals surface area contributed by atoms with E-state index < -0.39 is 16.1 Å². The van der Waals surface area contributed by atoms with E-state index in [9.17, 15) is 4.79 Å². The van der Waals surface area contributed by atoms with Gasteiger partial charge in [0, 0.05) is 58.0 Å². The number of fused-ring (bicyclic) bond motifs is 2. The summed E-state index contributed by atoms with van der Waals surface area (Å²) < 4.78 is 20.6. The maximum atomic E-state index is 12.3. The Hall–Kier alpha value is -2.65. The number of rotatable bonds is 14. The van der Waals surface area contributed by atoms with Gasteiger partial charge in [-0.1, -0.05) is 57.5 Å². The van der Waals surface area contributed by atoms with Crippen molar-refractivity contribution in [3.05, 3.63) is 52.9 Å². The molecule has 9 nitrogen and oxygen atoms in total. The summed E-state index contributed by atoms with van der Waals surface area (Å²) in [6.45, 7) is 16.3. The molecule has 0 radical (unpaired) electrons. The number of para-hydroxylation sites is 1. The number of ether oxygens (including phenoxy) is 3. The molecule has 0 bridgehead atoms. The van der Waals surface area contributed by atoms with Crippen molar-refractivity contribution < 1.29 is 19.0 Å². The summed E-state index contributed by atoms with van der Waals surface area (Å²) in [4.78, 5) is 24.5. The minimum absolute atomic E-state index is 0.0662. The van der Waals surface area contributed by atoms with Crippen molar-refractivity contribution in [1.29, 1.82) is 0 Å². The van der Waals surface area contributed by atoms with Crippen LogP contribution in [0, 0.1) is 5.92 Å². The van der Waals surface area contributed by atoms with Gasteiger partial charge in [-0.25, -0.2) is 4.98 Å². The van der Waals surface area contributed by atoms with Crippen LogP contribution >= 0.6 is 15.9 Å². The van der Waals surface area contributed by atoms with Gasteiger partial charge in [-0.05, 0) is 65.8 Å². The van der Waals surface area contributed by atoms with Gasteiger partial charge in [-0.3, -0.25) is 9.78 Å². The number of esters is 1. The first kappa shape index (κ1) is 35.7. The topological polar surface area (TPSA) is 91.1 Å². The first-order valence-corrected chi connectivity index (χ1v) is 25.0. The molecular weight excluding hydrogens is 690 g/mol. The van der Waals surface area contributed by atoms with Crippen molar-refractivity contribution in [3.8, 4) is 11.1 Å². The molecular formula is C35H50BrN5O4Si2. The Labute approximate surface area is 289 Å². The molecule has 3 heterocycles. The molecule has 47 heavy (non-hydrogen) atoms. The lowest BCUT2D eigenvalue weighted by Crippen LogP contribution is -2.34. The molecule has 1 fully saturated rings. The second-order valence-corrected chi connectivity index (χ2v) is 27.2. The number of carbonyl (C=O) groups is 1. The molecule has 0 atom stereocenters. The Kier molecular flexibility index (Phi) is 11.6. The molecule has 0 unspecified atom stereocenters. The van der Waals surface area contributed by atoms with Crippen LogP contribution in [0.25, 0.3) is 27.7 Å². The third kappa shape index (κ3) is 9.08. The lowest BCUT2D eigenvalue weighted by Gasteiger charge is -2.31. The highest BCUT2D eigenvalue weighted by molar-refractivity contribution is 9.10. The molecule has 4 aromatic rings. The van der Waals surface area contributed by atoms with Crippen molar-refractivity contribution in [2.24, 2.45) is 5.92 Å². The fourth-order valence-electron chi connectivity index (χ4n) is 5.98. The van der Waals surface area contributed by atoms with Gasteiger partial charge in [0.15, 0.2) is 11.5 Å². The standard InChI is InChI=1S/C35H50BrN5O4Si2/c1-43-35(42)26-14-12-25(13-15-26)32-31(36)34(40(23-44-16-18-46(2,3)4)24-45-17-19-47(5,6)7)41-33(39-32)29(22-38-41)28-20-27-10-8-9-11-30(27)37-21-28/h8-11,20-22,25-26H,12-19,23-24H2,1-7H3/t25-,26-. The maximum absolute atomic E-state index is 12.3. The van der Waals surface area contributed by atoms with Crippen LogP contribution in [0.4, 0.5) is 5.82 Å². The molecule has 1 saturated carbocycles. The van der Waals surface area contributed by atoms with Crippen LogP contribution in [0.5, 0.6) is 0 Å². The normalized spacial score (nSPS) is 17.4. The second kappa shape index (κ2) is 15.3. The van der Waals surface area contributed by atoms with Crippen molar-refractivity contribution in [3.63, 3.8) is 0 Å². The maximum Gasteiger partial charge on any atom is 0.308 e. The summed E-state index contributed by atoms with van der Waals surface area (Å²) in [7, 11) is -1.05. The van der Waals surface area contributed by atoms with E-state index >= 15 is 0 Å². The average Bonchev–Trinajstić information content (AvgIpc) is 3.46. The van der Waals surface area contributed by atoms with Crippen LogP contribution < -0.4 is 4.90 Å². The molecule has 12 heteroatoms. The quantitative estimate of drug-likeness (QED) is 0.0550. The summed E-state index contributed by atoms with van der Waals surface area (Å²) in [6, 6.07) is 12.5. The molecule has 1 aliphatic rings. The van der Waals surface area contributed by atoms with E-state index in [-0.39, 0.29) is 17.8 Å². The smallest absolute Gasteiger partial charge is 0.308 e. The van der Waals surface area contributed by atoms with Gasteiger partial charge in [0.2, 0.25) is 0 Å². The van der Waals surface area contributed by atoms with Gasteiger partial charge in [0.1, 0.15) is 13.5 Å². The van der Waals surface area contributed by atoms with E-state index in [1.807, 2.05) is 35.1 Å². The Balaban J connectivity index is 1.57. The van der Waals surface area contributed by atoms with E-state index in [0.29, 0.717) is 26.7 Å². The number of aromatic nitrogens is 4. The molecule has 0 saturated heterocycles. The molecule has 0 amide bonds. The number of hydrogen-bond donors (Lipinski definition) is 0. The van der Waals surface area contributed by atoms with Crippen LogP contribution in [0.15, 0.2) is 47.2 Å². The molecule has 0 spiro atoms. The molecule has 1 aromatic carbocycles. The Morgan fingerprint density at radius 1 is 0.957 bits per heavy atom. The van der Waals surface area contributed by atoms with Crippen LogP contribution in [-0.4, -0.2) is 75.5 Å². The fourth-order valence-corrected chi connectivity index (χ4v) is 8.32. The SMILES string of the molecule is COC(=O)[C@H]1CC[C@H](c2nc3c(-c4cnc5ccccc5c4)cnn3c(N(COCC[Si](C)(C)C)COCC[Si](C)(C)C)c2Br)CC1. The number of anilines is 1. The minimum Gasteiger partial charge on any atom is -0.469 e. The predicted octanol–water partition coefficient (Wildman–Crippen LogP) is 8.58. The minimum atomic E-state index is -1.26. The zero-order valence-corrected chi connectivity index (χ0v) is 32.6. The summed E-state index contributed by atoms with van der Waals surface area (Å²) in [5.41, 5.74) is 4.56. The molecule has 3 aromatic heterocycles. The van der Waals surface area contributed by atoms with Gasteiger partial charge in [0.25, 0.3) is 0 Å². The summed E-state index contributed by atoms with van der Waals surface area (Å²) in [6.07, 6.45) is 7.04. The zero-order chi connectivity index (χ0) is 33.8. The molecule has 254 valence electrons. The van der Waals surface area contributed by atoms with Gasteiger partial charge in [-0.15, -0.1) is 0 Å². The Morgan fingerprint density at radius 3 is 2.21 bits per heavy atom. The van der Waals surface area contributed by atoms with Crippen LogP contribution in [0.3, 0.4) is 0 Å². The number of benzene rings is 1. The van der Waals surface area contributed by atoms with Crippen molar-refractivity contribution in [2.75, 3.05) is 38.7 Å². The van der Waals surface area contributed by atoms with Gasteiger partial charge < -0.3 is 19.1 Å². The lowest BCUT2D eigenvalue weighted by molar-refractivity contribution is -0.146. The van der Waals surface area contributed by atoms with E-state index in [2.05, 4.69) is 72.2 Å². The van der Waals surface area contributed by atoms with E-state index in [4.69, 9.17) is 29.3 Å². The van der Waals surface area contributed by atoms with Crippen LogP contribution in [-0.2, 0) is 19.0 Å². The first-order chi connectivity index (χ1) is 22.3.